The van der Waals surface area contributed by atoms with Crippen LogP contribution in [0.4, 0.5) is 0 Å². The molecule has 0 fully saturated rings. The Bertz CT molecular complexity index is 138. The summed E-state index contributed by atoms with van der Waals surface area (Å²) in [6.45, 7) is 8.66. The van der Waals surface area contributed by atoms with E-state index in [0.717, 1.165) is 25.7 Å². The molecule has 0 radical (unpaired) electrons. The second-order valence-electron chi connectivity index (χ2n) is 5.44. The number of hydrogen-bond donors (Lipinski definition) is 2. The van der Waals surface area contributed by atoms with Crippen molar-refractivity contribution in [2.75, 3.05) is 6.61 Å². The maximum absolute atomic E-state index is 9.86. The van der Waals surface area contributed by atoms with Gasteiger partial charge in [-0.25, -0.2) is 0 Å². The van der Waals surface area contributed by atoms with Crippen LogP contribution in [-0.2, 0) is 0 Å². The molecule has 0 rings (SSSR count). The zero-order chi connectivity index (χ0) is 11.2. The Labute approximate surface area is 88.3 Å². The van der Waals surface area contributed by atoms with Gasteiger partial charge in [0.1, 0.15) is 0 Å². The Balaban J connectivity index is 3.66. The van der Waals surface area contributed by atoms with E-state index in [0.29, 0.717) is 5.92 Å². The Morgan fingerprint density at radius 2 is 1.71 bits per heavy atom. The van der Waals surface area contributed by atoms with Crippen LogP contribution in [0, 0.1) is 11.3 Å². The Morgan fingerprint density at radius 1 is 1.14 bits per heavy atom. The van der Waals surface area contributed by atoms with Gasteiger partial charge in [-0.15, -0.1) is 0 Å². The van der Waals surface area contributed by atoms with E-state index in [2.05, 4.69) is 27.7 Å². The fourth-order valence-corrected chi connectivity index (χ4v) is 1.46. The van der Waals surface area contributed by atoms with Crippen LogP contribution >= 0.6 is 0 Å². The molecule has 0 spiro atoms. The molecular formula is C12H26O2. The van der Waals surface area contributed by atoms with Crippen LogP contribution in [0.3, 0.4) is 0 Å². The van der Waals surface area contributed by atoms with Crippen molar-refractivity contribution < 1.29 is 10.2 Å². The van der Waals surface area contributed by atoms with Crippen molar-refractivity contribution in [2.45, 2.75) is 59.5 Å². The Hall–Kier alpha value is -0.0800. The molecule has 2 N–H and O–H groups in total. The fourth-order valence-electron chi connectivity index (χ4n) is 1.46. The largest absolute Gasteiger partial charge is 0.396 e. The third kappa shape index (κ3) is 6.39. The molecule has 0 aromatic heterocycles. The van der Waals surface area contributed by atoms with Crippen LogP contribution in [-0.4, -0.2) is 22.9 Å². The predicted octanol–water partition coefficient (Wildman–Crippen LogP) is 2.58. The zero-order valence-electron chi connectivity index (χ0n) is 10.1. The van der Waals surface area contributed by atoms with Crippen LogP contribution in [0.1, 0.15) is 53.4 Å². The summed E-state index contributed by atoms with van der Waals surface area (Å²) in [5.41, 5.74) is -0.00869. The van der Waals surface area contributed by atoms with Crippen molar-refractivity contribution in [2.24, 2.45) is 11.3 Å². The summed E-state index contributed by atoms with van der Waals surface area (Å²) in [5, 5.41) is 18.5. The highest BCUT2D eigenvalue weighted by molar-refractivity contribution is 4.74. The molecule has 0 saturated heterocycles. The minimum atomic E-state index is -0.216. The zero-order valence-corrected chi connectivity index (χ0v) is 10.1. The summed E-state index contributed by atoms with van der Waals surface area (Å²) in [6, 6.07) is 0. The molecule has 0 bridgehead atoms. The normalized spacial score (nSPS) is 16.7. The van der Waals surface area contributed by atoms with Gasteiger partial charge in [0, 0.05) is 6.61 Å². The first-order valence-corrected chi connectivity index (χ1v) is 5.67. The molecule has 0 aliphatic rings. The molecule has 0 heterocycles. The maximum Gasteiger partial charge on any atom is 0.0591 e. The van der Waals surface area contributed by atoms with Crippen LogP contribution in [0.15, 0.2) is 0 Å². The fraction of sp³-hybridized carbons (Fsp3) is 1.00. The quantitative estimate of drug-likeness (QED) is 0.650. The lowest BCUT2D eigenvalue weighted by Gasteiger charge is -2.28. The van der Waals surface area contributed by atoms with Crippen LogP contribution < -0.4 is 0 Å². The minimum Gasteiger partial charge on any atom is -0.396 e. The highest BCUT2D eigenvalue weighted by atomic mass is 16.3. The van der Waals surface area contributed by atoms with Gasteiger partial charge in [-0.3, -0.25) is 0 Å². The van der Waals surface area contributed by atoms with Crippen molar-refractivity contribution >= 4 is 0 Å². The topological polar surface area (TPSA) is 40.5 Å². The minimum absolute atomic E-state index is 0.00869. The van der Waals surface area contributed by atoms with E-state index < -0.39 is 0 Å². The SMILES string of the molecule is C[C@H](CCCCO)CC(O)C(C)(C)C. The molecule has 0 aliphatic heterocycles. The lowest BCUT2D eigenvalue weighted by molar-refractivity contribution is 0.0417. The number of rotatable bonds is 6. The molecule has 1 unspecified atom stereocenters. The molecule has 0 saturated carbocycles. The second kappa shape index (κ2) is 6.41. The molecule has 0 amide bonds. The van der Waals surface area contributed by atoms with Crippen molar-refractivity contribution in [3.05, 3.63) is 0 Å². The second-order valence-corrected chi connectivity index (χ2v) is 5.44. The van der Waals surface area contributed by atoms with Crippen LogP contribution in [0.5, 0.6) is 0 Å². The third-order valence-electron chi connectivity index (χ3n) is 2.73. The predicted molar refractivity (Wildman–Crippen MR) is 60.2 cm³/mol. The summed E-state index contributed by atoms with van der Waals surface area (Å²) in [5.74, 6) is 0.552. The van der Waals surface area contributed by atoms with Gasteiger partial charge in [-0.05, 0) is 24.2 Å². The lowest BCUT2D eigenvalue weighted by atomic mass is 9.83. The molecule has 2 nitrogen and oxygen atoms in total. The van der Waals surface area contributed by atoms with E-state index in [1.165, 1.54) is 0 Å². The molecule has 0 aliphatic carbocycles. The van der Waals surface area contributed by atoms with Crippen molar-refractivity contribution in [3.8, 4) is 0 Å². The van der Waals surface area contributed by atoms with Gasteiger partial charge in [0.2, 0.25) is 0 Å². The van der Waals surface area contributed by atoms with E-state index in [1.807, 2.05) is 0 Å². The number of unbranched alkanes of at least 4 members (excludes halogenated alkanes) is 1. The first-order valence-electron chi connectivity index (χ1n) is 5.67. The van der Waals surface area contributed by atoms with Gasteiger partial charge < -0.3 is 10.2 Å². The molecule has 2 atom stereocenters. The highest BCUT2D eigenvalue weighted by Gasteiger charge is 2.23. The average Bonchev–Trinajstić information content (AvgIpc) is 2.03. The number of aliphatic hydroxyl groups excluding tert-OH is 2. The lowest BCUT2D eigenvalue weighted by Crippen LogP contribution is -2.27. The summed E-state index contributed by atoms with van der Waals surface area (Å²) in [7, 11) is 0. The van der Waals surface area contributed by atoms with E-state index >= 15 is 0 Å². The maximum atomic E-state index is 9.86. The summed E-state index contributed by atoms with van der Waals surface area (Å²) in [6.07, 6.45) is 3.71. The van der Waals surface area contributed by atoms with Crippen LogP contribution in [0.2, 0.25) is 0 Å². The molecule has 86 valence electrons. The van der Waals surface area contributed by atoms with Gasteiger partial charge in [0.05, 0.1) is 6.10 Å². The standard InChI is InChI=1S/C12H26O2/c1-10(7-5-6-8-13)9-11(14)12(2,3)4/h10-11,13-14H,5-9H2,1-4H3/t10-,11?/m1/s1. The van der Waals surface area contributed by atoms with E-state index in [1.54, 1.807) is 0 Å². The molecule has 14 heavy (non-hydrogen) atoms. The first kappa shape index (κ1) is 13.9. The molecular weight excluding hydrogens is 176 g/mol. The number of hydrogen-bond acceptors (Lipinski definition) is 2. The van der Waals surface area contributed by atoms with E-state index in [4.69, 9.17) is 5.11 Å². The third-order valence-corrected chi connectivity index (χ3v) is 2.73. The van der Waals surface area contributed by atoms with E-state index in [-0.39, 0.29) is 18.1 Å². The van der Waals surface area contributed by atoms with Gasteiger partial charge in [0.25, 0.3) is 0 Å². The van der Waals surface area contributed by atoms with Gasteiger partial charge in [-0.1, -0.05) is 40.5 Å². The van der Waals surface area contributed by atoms with Gasteiger partial charge in [0.15, 0.2) is 0 Å². The molecule has 2 heteroatoms. The Morgan fingerprint density at radius 3 is 2.14 bits per heavy atom. The van der Waals surface area contributed by atoms with Gasteiger partial charge in [-0.2, -0.15) is 0 Å². The smallest absolute Gasteiger partial charge is 0.0591 e. The Kier molecular flexibility index (Phi) is 6.38. The summed E-state index contributed by atoms with van der Waals surface area (Å²) in [4.78, 5) is 0. The first-order chi connectivity index (χ1) is 6.38. The van der Waals surface area contributed by atoms with Crippen molar-refractivity contribution in [3.63, 3.8) is 0 Å². The highest BCUT2D eigenvalue weighted by Crippen LogP contribution is 2.26. The van der Waals surface area contributed by atoms with Crippen LogP contribution in [0.25, 0.3) is 0 Å². The molecule has 0 aromatic carbocycles. The number of aliphatic hydroxyl groups is 2. The van der Waals surface area contributed by atoms with Gasteiger partial charge >= 0.3 is 0 Å². The summed E-state index contributed by atoms with van der Waals surface area (Å²) < 4.78 is 0. The molecule has 0 aromatic rings. The summed E-state index contributed by atoms with van der Waals surface area (Å²) >= 11 is 0. The van der Waals surface area contributed by atoms with Crippen molar-refractivity contribution in [1.29, 1.82) is 0 Å². The van der Waals surface area contributed by atoms with E-state index in [9.17, 15) is 5.11 Å². The average molecular weight is 202 g/mol. The van der Waals surface area contributed by atoms with Crippen molar-refractivity contribution in [1.82, 2.24) is 0 Å². The monoisotopic (exact) mass is 202 g/mol.